The van der Waals surface area contributed by atoms with Gasteiger partial charge in [-0.2, -0.15) is 0 Å². The second-order valence-corrected chi connectivity index (χ2v) is 4.81. The van der Waals surface area contributed by atoms with Gasteiger partial charge in [0, 0.05) is 13.1 Å². The quantitative estimate of drug-likeness (QED) is 0.813. The van der Waals surface area contributed by atoms with E-state index in [-0.39, 0.29) is 11.8 Å². The van der Waals surface area contributed by atoms with Crippen LogP contribution < -0.4 is 15.4 Å². The van der Waals surface area contributed by atoms with Gasteiger partial charge in [0.25, 0.3) is 0 Å². The molecule has 1 amide bonds. The fourth-order valence-electron chi connectivity index (χ4n) is 2.27. The van der Waals surface area contributed by atoms with E-state index >= 15 is 0 Å². The monoisotopic (exact) mass is 262 g/mol. The van der Waals surface area contributed by atoms with Crippen LogP contribution >= 0.6 is 0 Å². The van der Waals surface area contributed by atoms with Crippen molar-refractivity contribution in [3.05, 3.63) is 29.8 Å². The largest absolute Gasteiger partial charge is 0.494 e. The fraction of sp³-hybridized carbons (Fsp3) is 0.533. The number of carbonyl (C=O) groups is 1. The summed E-state index contributed by atoms with van der Waals surface area (Å²) in [5, 5.41) is 6.21. The highest BCUT2D eigenvalue weighted by Gasteiger charge is 2.21. The van der Waals surface area contributed by atoms with Crippen molar-refractivity contribution < 1.29 is 9.53 Å². The normalized spacial score (nSPS) is 18.3. The van der Waals surface area contributed by atoms with Crippen LogP contribution in [-0.2, 0) is 11.2 Å². The molecule has 0 aliphatic carbocycles. The molecule has 0 aromatic heterocycles. The van der Waals surface area contributed by atoms with Crippen molar-refractivity contribution in [2.45, 2.75) is 19.8 Å². The summed E-state index contributed by atoms with van der Waals surface area (Å²) in [6.07, 6.45) is 1.81. The molecule has 2 rings (SSSR count). The lowest BCUT2D eigenvalue weighted by Crippen LogP contribution is -2.33. The van der Waals surface area contributed by atoms with Crippen molar-refractivity contribution in [3.63, 3.8) is 0 Å². The highest BCUT2D eigenvalue weighted by atomic mass is 16.5. The number of hydrogen-bond donors (Lipinski definition) is 2. The topological polar surface area (TPSA) is 50.4 Å². The molecule has 1 aliphatic rings. The average Bonchev–Trinajstić information content (AvgIpc) is 2.95. The lowest BCUT2D eigenvalue weighted by molar-refractivity contribution is -0.124. The molecule has 104 valence electrons. The number of ether oxygens (including phenoxy) is 1. The maximum atomic E-state index is 11.8. The third kappa shape index (κ3) is 4.24. The molecule has 0 saturated carbocycles. The van der Waals surface area contributed by atoms with Gasteiger partial charge in [-0.3, -0.25) is 4.79 Å². The Bertz CT molecular complexity index is 397. The van der Waals surface area contributed by atoms with E-state index in [1.165, 1.54) is 5.56 Å². The Morgan fingerprint density at radius 1 is 1.42 bits per heavy atom. The SMILES string of the molecule is CCOc1ccc(CCNC(=O)C2CCNC2)cc1. The van der Waals surface area contributed by atoms with Crippen molar-refractivity contribution in [3.8, 4) is 5.75 Å². The van der Waals surface area contributed by atoms with Gasteiger partial charge >= 0.3 is 0 Å². The Kier molecular flexibility index (Phi) is 5.21. The summed E-state index contributed by atoms with van der Waals surface area (Å²) >= 11 is 0. The fourth-order valence-corrected chi connectivity index (χ4v) is 2.27. The summed E-state index contributed by atoms with van der Waals surface area (Å²) in [5.41, 5.74) is 1.22. The Morgan fingerprint density at radius 3 is 2.84 bits per heavy atom. The van der Waals surface area contributed by atoms with Gasteiger partial charge in [-0.15, -0.1) is 0 Å². The maximum absolute atomic E-state index is 11.8. The van der Waals surface area contributed by atoms with Crippen LogP contribution in [0.15, 0.2) is 24.3 Å². The van der Waals surface area contributed by atoms with Crippen LogP contribution in [0.5, 0.6) is 5.75 Å². The smallest absolute Gasteiger partial charge is 0.224 e. The van der Waals surface area contributed by atoms with Crippen LogP contribution in [0.25, 0.3) is 0 Å². The van der Waals surface area contributed by atoms with Crippen molar-refractivity contribution >= 4 is 5.91 Å². The first kappa shape index (κ1) is 13.9. The zero-order chi connectivity index (χ0) is 13.5. The second kappa shape index (κ2) is 7.14. The molecule has 2 N–H and O–H groups in total. The predicted molar refractivity (Wildman–Crippen MR) is 75.3 cm³/mol. The van der Waals surface area contributed by atoms with Crippen molar-refractivity contribution in [2.24, 2.45) is 5.92 Å². The number of nitrogens with one attached hydrogen (secondary N) is 2. The van der Waals surface area contributed by atoms with E-state index in [1.54, 1.807) is 0 Å². The zero-order valence-corrected chi connectivity index (χ0v) is 11.4. The molecule has 0 spiro atoms. The van der Waals surface area contributed by atoms with Gasteiger partial charge in [0.1, 0.15) is 5.75 Å². The molecular formula is C15H22N2O2. The molecule has 19 heavy (non-hydrogen) atoms. The summed E-state index contributed by atoms with van der Waals surface area (Å²) in [4.78, 5) is 11.8. The van der Waals surface area contributed by atoms with Gasteiger partial charge in [0.2, 0.25) is 5.91 Å². The molecule has 1 aliphatic heterocycles. The van der Waals surface area contributed by atoms with Crippen LogP contribution in [0.1, 0.15) is 18.9 Å². The van der Waals surface area contributed by atoms with Crippen molar-refractivity contribution in [1.29, 1.82) is 0 Å². The molecule has 1 aromatic carbocycles. The Hall–Kier alpha value is -1.55. The number of carbonyl (C=O) groups excluding carboxylic acids is 1. The van der Waals surface area contributed by atoms with Gasteiger partial charge < -0.3 is 15.4 Å². The first-order valence-corrected chi connectivity index (χ1v) is 6.99. The van der Waals surface area contributed by atoms with Gasteiger partial charge in [-0.25, -0.2) is 0 Å². The van der Waals surface area contributed by atoms with E-state index in [0.29, 0.717) is 13.2 Å². The second-order valence-electron chi connectivity index (χ2n) is 4.81. The number of rotatable bonds is 6. The number of amides is 1. The lowest BCUT2D eigenvalue weighted by Gasteiger charge is -2.10. The Balaban J connectivity index is 1.71. The molecule has 4 nitrogen and oxygen atoms in total. The van der Waals surface area contributed by atoms with E-state index in [4.69, 9.17) is 4.74 Å². The number of hydrogen-bond acceptors (Lipinski definition) is 3. The molecule has 1 heterocycles. The van der Waals surface area contributed by atoms with Crippen LogP contribution in [-0.4, -0.2) is 32.1 Å². The van der Waals surface area contributed by atoms with Crippen LogP contribution in [0, 0.1) is 5.92 Å². The lowest BCUT2D eigenvalue weighted by atomic mass is 10.1. The van der Waals surface area contributed by atoms with Gasteiger partial charge in [0.05, 0.1) is 12.5 Å². The van der Waals surface area contributed by atoms with E-state index in [0.717, 1.165) is 31.7 Å². The summed E-state index contributed by atoms with van der Waals surface area (Å²) in [6, 6.07) is 8.05. The van der Waals surface area contributed by atoms with E-state index in [9.17, 15) is 4.79 Å². The summed E-state index contributed by atoms with van der Waals surface area (Å²) in [6.45, 7) is 5.13. The van der Waals surface area contributed by atoms with Crippen molar-refractivity contribution in [1.82, 2.24) is 10.6 Å². The molecular weight excluding hydrogens is 240 g/mol. The zero-order valence-electron chi connectivity index (χ0n) is 11.4. The molecule has 4 heteroatoms. The molecule has 1 saturated heterocycles. The summed E-state index contributed by atoms with van der Waals surface area (Å²) in [7, 11) is 0. The van der Waals surface area contributed by atoms with E-state index in [2.05, 4.69) is 10.6 Å². The minimum atomic E-state index is 0.153. The average molecular weight is 262 g/mol. The first-order valence-electron chi connectivity index (χ1n) is 6.99. The first-order chi connectivity index (χ1) is 9.29. The van der Waals surface area contributed by atoms with Crippen LogP contribution in [0.4, 0.5) is 0 Å². The van der Waals surface area contributed by atoms with Gasteiger partial charge in [0.15, 0.2) is 0 Å². The minimum absolute atomic E-state index is 0.153. The minimum Gasteiger partial charge on any atom is -0.494 e. The Labute approximate surface area is 114 Å². The number of benzene rings is 1. The maximum Gasteiger partial charge on any atom is 0.224 e. The van der Waals surface area contributed by atoms with E-state index < -0.39 is 0 Å². The summed E-state index contributed by atoms with van der Waals surface area (Å²) < 4.78 is 5.39. The van der Waals surface area contributed by atoms with E-state index in [1.807, 2.05) is 31.2 Å². The standard InChI is InChI=1S/C15H22N2O2/c1-2-19-14-5-3-12(4-6-14)7-10-17-15(18)13-8-9-16-11-13/h3-6,13,16H,2,7-11H2,1H3,(H,17,18). The van der Waals surface area contributed by atoms with Gasteiger partial charge in [-0.1, -0.05) is 12.1 Å². The third-order valence-corrected chi connectivity index (χ3v) is 3.38. The highest BCUT2D eigenvalue weighted by molar-refractivity contribution is 5.79. The third-order valence-electron chi connectivity index (χ3n) is 3.38. The predicted octanol–water partition coefficient (Wildman–Crippen LogP) is 1.35. The molecule has 1 atom stereocenters. The molecule has 0 bridgehead atoms. The van der Waals surface area contributed by atoms with Gasteiger partial charge in [-0.05, 0) is 44.0 Å². The van der Waals surface area contributed by atoms with Crippen LogP contribution in [0.2, 0.25) is 0 Å². The highest BCUT2D eigenvalue weighted by Crippen LogP contribution is 2.12. The molecule has 1 aromatic rings. The Morgan fingerprint density at radius 2 is 2.21 bits per heavy atom. The molecule has 1 fully saturated rings. The molecule has 0 radical (unpaired) electrons. The van der Waals surface area contributed by atoms with Crippen molar-refractivity contribution in [2.75, 3.05) is 26.2 Å². The summed E-state index contributed by atoms with van der Waals surface area (Å²) in [5.74, 6) is 1.23. The molecule has 1 unspecified atom stereocenters. The van der Waals surface area contributed by atoms with Crippen LogP contribution in [0.3, 0.4) is 0 Å².